The highest BCUT2D eigenvalue weighted by Crippen LogP contribution is 2.23. The van der Waals surface area contributed by atoms with Crippen LogP contribution in [-0.4, -0.2) is 25.9 Å². The number of hydrogen-bond acceptors (Lipinski definition) is 5. The van der Waals surface area contributed by atoms with E-state index in [9.17, 15) is 0 Å². The summed E-state index contributed by atoms with van der Waals surface area (Å²) in [5.74, 6) is 0. The lowest BCUT2D eigenvalue weighted by Crippen LogP contribution is -2.24. The second-order valence-electron chi connectivity index (χ2n) is 5.31. The van der Waals surface area contributed by atoms with Crippen LogP contribution >= 0.6 is 11.5 Å². The first-order valence-corrected chi connectivity index (χ1v) is 7.95. The van der Waals surface area contributed by atoms with Crippen LogP contribution < -0.4 is 5.32 Å². The van der Waals surface area contributed by atoms with Crippen LogP contribution in [0, 0.1) is 6.92 Å². The Morgan fingerprint density at radius 2 is 2.20 bits per heavy atom. The Kier molecular flexibility index (Phi) is 5.25. The third-order valence-corrected chi connectivity index (χ3v) is 4.19. The largest absolute Gasteiger partial charge is 0.309 e. The molecule has 0 bridgehead atoms. The maximum Gasteiger partial charge on any atom is 0.0772 e. The standard InChI is InChI=1S/C14H23N5S/c1-5-7-15-13(14-11(4)16-18-20-14)9-12-6-8-19(17-12)10(2)3/h6,8,10,13,15H,5,7,9H2,1-4H3. The van der Waals surface area contributed by atoms with Crippen molar-refractivity contribution in [3.8, 4) is 0 Å². The summed E-state index contributed by atoms with van der Waals surface area (Å²) >= 11 is 1.48. The summed E-state index contributed by atoms with van der Waals surface area (Å²) in [6.45, 7) is 9.47. The quantitative estimate of drug-likeness (QED) is 0.853. The molecule has 1 N–H and O–H groups in total. The first-order valence-electron chi connectivity index (χ1n) is 7.18. The zero-order chi connectivity index (χ0) is 14.5. The predicted octanol–water partition coefficient (Wildman–Crippen LogP) is 2.91. The van der Waals surface area contributed by atoms with E-state index < -0.39 is 0 Å². The van der Waals surface area contributed by atoms with E-state index in [1.54, 1.807) is 0 Å². The van der Waals surface area contributed by atoms with Crippen molar-refractivity contribution in [3.63, 3.8) is 0 Å². The molecule has 1 atom stereocenters. The first kappa shape index (κ1) is 15.1. The molecule has 0 saturated heterocycles. The molecule has 110 valence electrons. The molecule has 2 aromatic heterocycles. The zero-order valence-electron chi connectivity index (χ0n) is 12.6. The summed E-state index contributed by atoms with van der Waals surface area (Å²) in [5.41, 5.74) is 2.13. The molecule has 2 aromatic rings. The smallest absolute Gasteiger partial charge is 0.0772 e. The minimum absolute atomic E-state index is 0.255. The van der Waals surface area contributed by atoms with E-state index in [2.05, 4.69) is 53.0 Å². The Labute approximate surface area is 124 Å². The Morgan fingerprint density at radius 1 is 1.40 bits per heavy atom. The Morgan fingerprint density at radius 3 is 2.75 bits per heavy atom. The molecule has 0 fully saturated rings. The summed E-state index contributed by atoms with van der Waals surface area (Å²) in [4.78, 5) is 1.22. The molecule has 2 heterocycles. The molecule has 5 nitrogen and oxygen atoms in total. The first-order chi connectivity index (χ1) is 9.61. The maximum absolute atomic E-state index is 4.64. The van der Waals surface area contributed by atoms with Gasteiger partial charge in [0, 0.05) is 18.7 Å². The summed E-state index contributed by atoms with van der Waals surface area (Å²) in [6, 6.07) is 2.76. The van der Waals surface area contributed by atoms with Gasteiger partial charge in [0.25, 0.3) is 0 Å². The molecular weight excluding hydrogens is 270 g/mol. The molecule has 0 aliphatic heterocycles. The van der Waals surface area contributed by atoms with Crippen LogP contribution in [0.25, 0.3) is 0 Å². The minimum Gasteiger partial charge on any atom is -0.309 e. The lowest BCUT2D eigenvalue weighted by molar-refractivity contribution is 0.501. The molecule has 0 saturated carbocycles. The molecule has 20 heavy (non-hydrogen) atoms. The van der Waals surface area contributed by atoms with E-state index in [-0.39, 0.29) is 6.04 Å². The average Bonchev–Trinajstić information content (AvgIpc) is 3.03. The summed E-state index contributed by atoms with van der Waals surface area (Å²) in [7, 11) is 0. The fraction of sp³-hybridized carbons (Fsp3) is 0.643. The predicted molar refractivity (Wildman–Crippen MR) is 82.0 cm³/mol. The Balaban J connectivity index is 2.12. The van der Waals surface area contributed by atoms with Crippen LogP contribution in [-0.2, 0) is 6.42 Å². The van der Waals surface area contributed by atoms with Gasteiger partial charge in [-0.15, -0.1) is 5.10 Å². The Hall–Kier alpha value is -1.27. The van der Waals surface area contributed by atoms with Crippen LogP contribution in [0.1, 0.15) is 55.5 Å². The van der Waals surface area contributed by atoms with Gasteiger partial charge in [0.05, 0.1) is 22.3 Å². The van der Waals surface area contributed by atoms with Crippen LogP contribution in [0.15, 0.2) is 12.3 Å². The van der Waals surface area contributed by atoms with E-state index in [4.69, 9.17) is 0 Å². The second-order valence-corrected chi connectivity index (χ2v) is 6.10. The number of aryl methyl sites for hydroxylation is 1. The minimum atomic E-state index is 0.255. The van der Waals surface area contributed by atoms with Gasteiger partial charge in [-0.2, -0.15) is 5.10 Å². The molecule has 1 unspecified atom stereocenters. The summed E-state index contributed by atoms with van der Waals surface area (Å²) in [5, 5.41) is 12.3. The van der Waals surface area contributed by atoms with Crippen LogP contribution in [0.5, 0.6) is 0 Å². The zero-order valence-corrected chi connectivity index (χ0v) is 13.4. The summed E-state index contributed by atoms with van der Waals surface area (Å²) < 4.78 is 6.06. The monoisotopic (exact) mass is 293 g/mol. The molecular formula is C14H23N5S. The highest BCUT2D eigenvalue weighted by atomic mass is 32.1. The molecule has 0 aliphatic carbocycles. The molecule has 0 aliphatic rings. The Bertz CT molecular complexity index is 531. The van der Waals surface area contributed by atoms with Crippen LogP contribution in [0.3, 0.4) is 0 Å². The SMILES string of the molecule is CCCNC(Cc1ccn(C(C)C)n1)c1snnc1C. The average molecular weight is 293 g/mol. The number of rotatable bonds is 7. The lowest BCUT2D eigenvalue weighted by atomic mass is 10.1. The number of nitrogens with one attached hydrogen (secondary N) is 1. The highest BCUT2D eigenvalue weighted by Gasteiger charge is 2.18. The van der Waals surface area contributed by atoms with Gasteiger partial charge in [0.1, 0.15) is 0 Å². The van der Waals surface area contributed by atoms with Gasteiger partial charge in [-0.25, -0.2) is 0 Å². The van der Waals surface area contributed by atoms with Crippen LogP contribution in [0.2, 0.25) is 0 Å². The third-order valence-electron chi connectivity index (χ3n) is 3.25. The maximum atomic E-state index is 4.64. The normalized spacial score (nSPS) is 13.1. The van der Waals surface area contributed by atoms with E-state index in [0.717, 1.165) is 30.8 Å². The van der Waals surface area contributed by atoms with E-state index in [1.165, 1.54) is 16.4 Å². The number of nitrogens with zero attached hydrogens (tertiary/aromatic N) is 4. The van der Waals surface area contributed by atoms with Gasteiger partial charge in [-0.1, -0.05) is 11.4 Å². The van der Waals surface area contributed by atoms with Gasteiger partial charge >= 0.3 is 0 Å². The number of hydrogen-bond donors (Lipinski definition) is 1. The molecule has 0 amide bonds. The molecule has 2 rings (SSSR count). The van der Waals surface area contributed by atoms with Crippen molar-refractivity contribution in [1.82, 2.24) is 24.7 Å². The van der Waals surface area contributed by atoms with E-state index in [1.807, 2.05) is 11.6 Å². The van der Waals surface area contributed by atoms with Crippen molar-refractivity contribution < 1.29 is 0 Å². The van der Waals surface area contributed by atoms with Gasteiger partial charge in [0.2, 0.25) is 0 Å². The van der Waals surface area contributed by atoms with Gasteiger partial charge < -0.3 is 5.32 Å². The third kappa shape index (κ3) is 3.64. The van der Waals surface area contributed by atoms with E-state index >= 15 is 0 Å². The summed E-state index contributed by atoms with van der Waals surface area (Å²) in [6.07, 6.45) is 4.04. The number of aromatic nitrogens is 4. The van der Waals surface area contributed by atoms with Crippen molar-refractivity contribution in [2.24, 2.45) is 0 Å². The fourth-order valence-electron chi connectivity index (χ4n) is 2.12. The van der Waals surface area contributed by atoms with E-state index in [0.29, 0.717) is 6.04 Å². The fourth-order valence-corrected chi connectivity index (χ4v) is 2.83. The molecule has 6 heteroatoms. The van der Waals surface area contributed by atoms with Crippen molar-refractivity contribution in [2.45, 2.75) is 52.6 Å². The van der Waals surface area contributed by atoms with Crippen molar-refractivity contribution in [1.29, 1.82) is 0 Å². The molecule has 0 spiro atoms. The van der Waals surface area contributed by atoms with Crippen LogP contribution in [0.4, 0.5) is 0 Å². The lowest BCUT2D eigenvalue weighted by Gasteiger charge is -2.16. The molecule has 0 radical (unpaired) electrons. The van der Waals surface area contributed by atoms with Gasteiger partial charge in [-0.05, 0) is 51.3 Å². The van der Waals surface area contributed by atoms with Crippen molar-refractivity contribution >= 4 is 11.5 Å². The highest BCUT2D eigenvalue weighted by molar-refractivity contribution is 7.05. The van der Waals surface area contributed by atoms with Gasteiger partial charge in [-0.3, -0.25) is 4.68 Å². The topological polar surface area (TPSA) is 55.6 Å². The van der Waals surface area contributed by atoms with Crippen molar-refractivity contribution in [2.75, 3.05) is 6.54 Å². The molecule has 0 aromatic carbocycles. The second kappa shape index (κ2) is 6.95. The van der Waals surface area contributed by atoms with Crippen molar-refractivity contribution in [3.05, 3.63) is 28.5 Å². The van der Waals surface area contributed by atoms with Gasteiger partial charge in [0.15, 0.2) is 0 Å².